The minimum Gasteiger partial charge on any atom is -0.300 e. The van der Waals surface area contributed by atoms with E-state index in [2.05, 4.69) is 13.5 Å². The predicted octanol–water partition coefficient (Wildman–Crippen LogP) is 4.78. The molecular weight excluding hydrogens is 249 g/mol. The Morgan fingerprint density at radius 3 is 2.50 bits per heavy atom. The van der Waals surface area contributed by atoms with Crippen LogP contribution in [0.2, 0.25) is 0 Å². The highest BCUT2D eigenvalue weighted by atomic mass is 19.1. The maximum atomic E-state index is 13.2. The Balaban J connectivity index is 2.40. The molecule has 0 atom stereocenters. The van der Waals surface area contributed by atoms with Gasteiger partial charge >= 0.3 is 0 Å². The maximum Gasteiger partial charge on any atom is 0.123 e. The molecule has 0 spiro atoms. The zero-order valence-electron chi connectivity index (χ0n) is 11.8. The van der Waals surface area contributed by atoms with Gasteiger partial charge in [-0.3, -0.25) is 5.41 Å². The molecule has 1 N–H and O–H groups in total. The van der Waals surface area contributed by atoms with Gasteiger partial charge < -0.3 is 0 Å². The van der Waals surface area contributed by atoms with Crippen molar-refractivity contribution in [3.05, 3.63) is 77.1 Å². The number of hydrogen-bond acceptors (Lipinski definition) is 1. The fraction of sp³-hybridized carbons (Fsp3) is 0.167. The van der Waals surface area contributed by atoms with Crippen LogP contribution in [-0.4, -0.2) is 5.71 Å². The summed E-state index contributed by atoms with van der Waals surface area (Å²) in [5.74, 6) is -0.279. The average Bonchev–Trinajstić information content (AvgIpc) is 2.45. The van der Waals surface area contributed by atoms with E-state index >= 15 is 0 Å². The number of aryl methyl sites for hydroxylation is 2. The SMILES string of the molecule is C=C(C(=N)c1ccc(F)cc1C)c1ccccc1CC. The van der Waals surface area contributed by atoms with E-state index < -0.39 is 0 Å². The van der Waals surface area contributed by atoms with Gasteiger partial charge in [0.1, 0.15) is 5.82 Å². The zero-order chi connectivity index (χ0) is 14.7. The number of rotatable bonds is 4. The van der Waals surface area contributed by atoms with E-state index in [9.17, 15) is 4.39 Å². The quantitative estimate of drug-likeness (QED) is 0.771. The molecule has 2 aromatic rings. The largest absolute Gasteiger partial charge is 0.300 e. The molecule has 0 fully saturated rings. The summed E-state index contributed by atoms with van der Waals surface area (Å²) in [6.45, 7) is 7.95. The highest BCUT2D eigenvalue weighted by molar-refractivity contribution is 6.30. The van der Waals surface area contributed by atoms with Gasteiger partial charge in [-0.05, 0) is 48.2 Å². The van der Waals surface area contributed by atoms with E-state index in [1.54, 1.807) is 6.07 Å². The zero-order valence-corrected chi connectivity index (χ0v) is 11.8. The molecule has 0 aliphatic carbocycles. The fourth-order valence-electron chi connectivity index (χ4n) is 2.33. The van der Waals surface area contributed by atoms with Crippen LogP contribution in [0.15, 0.2) is 49.0 Å². The van der Waals surface area contributed by atoms with E-state index in [0.29, 0.717) is 11.3 Å². The number of benzene rings is 2. The first-order chi connectivity index (χ1) is 9.54. The first-order valence-electron chi connectivity index (χ1n) is 6.67. The van der Waals surface area contributed by atoms with Crippen molar-refractivity contribution >= 4 is 11.3 Å². The molecule has 0 aliphatic heterocycles. The average molecular weight is 267 g/mol. The summed E-state index contributed by atoms with van der Waals surface area (Å²) in [5.41, 5.74) is 4.67. The lowest BCUT2D eigenvalue weighted by atomic mass is 9.91. The summed E-state index contributed by atoms with van der Waals surface area (Å²) >= 11 is 0. The van der Waals surface area contributed by atoms with Crippen molar-refractivity contribution < 1.29 is 4.39 Å². The van der Waals surface area contributed by atoms with Crippen molar-refractivity contribution in [1.82, 2.24) is 0 Å². The molecule has 1 nitrogen and oxygen atoms in total. The maximum absolute atomic E-state index is 13.2. The molecule has 0 amide bonds. The summed E-state index contributed by atoms with van der Waals surface area (Å²) in [7, 11) is 0. The van der Waals surface area contributed by atoms with Gasteiger partial charge in [-0.15, -0.1) is 0 Å². The van der Waals surface area contributed by atoms with Gasteiger partial charge in [-0.1, -0.05) is 37.8 Å². The molecule has 0 saturated carbocycles. The second-order valence-corrected chi connectivity index (χ2v) is 4.82. The van der Waals surface area contributed by atoms with Gasteiger partial charge in [0.05, 0.1) is 5.71 Å². The van der Waals surface area contributed by atoms with Crippen molar-refractivity contribution in [2.24, 2.45) is 0 Å². The van der Waals surface area contributed by atoms with Gasteiger partial charge in [0.15, 0.2) is 0 Å². The summed E-state index contributed by atoms with van der Waals surface area (Å²) in [4.78, 5) is 0. The topological polar surface area (TPSA) is 23.9 Å². The van der Waals surface area contributed by atoms with Gasteiger partial charge in [-0.25, -0.2) is 4.39 Å². The standard InChI is InChI=1S/C18H18FN/c1-4-14-7-5-6-8-17(14)13(3)18(20)16-10-9-15(19)11-12(16)2/h5-11,20H,3-4H2,1-2H3. The Morgan fingerprint density at radius 1 is 1.15 bits per heavy atom. The van der Waals surface area contributed by atoms with Crippen molar-refractivity contribution in [2.45, 2.75) is 20.3 Å². The van der Waals surface area contributed by atoms with Crippen LogP contribution in [0.1, 0.15) is 29.2 Å². The Morgan fingerprint density at radius 2 is 1.85 bits per heavy atom. The lowest BCUT2D eigenvalue weighted by Crippen LogP contribution is -2.06. The lowest BCUT2D eigenvalue weighted by Gasteiger charge is -2.14. The van der Waals surface area contributed by atoms with Gasteiger partial charge in [0, 0.05) is 11.1 Å². The molecule has 2 aromatic carbocycles. The Hall–Kier alpha value is -2.22. The minimum atomic E-state index is -0.279. The third-order valence-electron chi connectivity index (χ3n) is 3.48. The molecule has 0 bridgehead atoms. The summed E-state index contributed by atoms with van der Waals surface area (Å²) in [5, 5.41) is 8.33. The number of hydrogen-bond donors (Lipinski definition) is 1. The number of nitrogens with one attached hydrogen (secondary N) is 1. The van der Waals surface area contributed by atoms with Crippen LogP contribution in [0.4, 0.5) is 4.39 Å². The van der Waals surface area contributed by atoms with Crippen LogP contribution in [0.25, 0.3) is 5.57 Å². The highest BCUT2D eigenvalue weighted by Gasteiger charge is 2.13. The molecule has 0 aromatic heterocycles. The molecule has 0 radical (unpaired) electrons. The third kappa shape index (κ3) is 2.69. The van der Waals surface area contributed by atoms with Crippen LogP contribution in [0.3, 0.4) is 0 Å². The second kappa shape index (κ2) is 5.83. The van der Waals surface area contributed by atoms with Gasteiger partial charge in [-0.2, -0.15) is 0 Å². The van der Waals surface area contributed by atoms with E-state index in [-0.39, 0.29) is 5.82 Å². The molecule has 0 aliphatic rings. The predicted molar refractivity (Wildman–Crippen MR) is 82.8 cm³/mol. The molecule has 102 valence electrons. The highest BCUT2D eigenvalue weighted by Crippen LogP contribution is 2.24. The van der Waals surface area contributed by atoms with E-state index in [0.717, 1.165) is 23.1 Å². The van der Waals surface area contributed by atoms with Crippen LogP contribution < -0.4 is 0 Å². The van der Waals surface area contributed by atoms with E-state index in [1.807, 2.05) is 31.2 Å². The number of allylic oxidation sites excluding steroid dienone is 1. The molecule has 20 heavy (non-hydrogen) atoms. The van der Waals surface area contributed by atoms with Crippen LogP contribution >= 0.6 is 0 Å². The smallest absolute Gasteiger partial charge is 0.123 e. The van der Waals surface area contributed by atoms with Crippen LogP contribution in [0.5, 0.6) is 0 Å². The van der Waals surface area contributed by atoms with Crippen molar-refractivity contribution in [2.75, 3.05) is 0 Å². The second-order valence-electron chi connectivity index (χ2n) is 4.82. The molecule has 2 heteroatoms. The summed E-state index contributed by atoms with van der Waals surface area (Å²) in [6.07, 6.45) is 0.894. The fourth-order valence-corrected chi connectivity index (χ4v) is 2.33. The Kier molecular flexibility index (Phi) is 4.14. The normalized spacial score (nSPS) is 10.3. The lowest BCUT2D eigenvalue weighted by molar-refractivity contribution is 0.626. The van der Waals surface area contributed by atoms with Crippen molar-refractivity contribution in [1.29, 1.82) is 5.41 Å². The summed E-state index contributed by atoms with van der Waals surface area (Å²) in [6, 6.07) is 12.4. The van der Waals surface area contributed by atoms with Crippen LogP contribution in [-0.2, 0) is 6.42 Å². The van der Waals surface area contributed by atoms with E-state index in [4.69, 9.17) is 5.41 Å². The monoisotopic (exact) mass is 267 g/mol. The Labute approximate surface area is 119 Å². The number of halogens is 1. The molecule has 0 saturated heterocycles. The minimum absolute atomic E-state index is 0.279. The first kappa shape index (κ1) is 14.2. The van der Waals surface area contributed by atoms with Crippen molar-refractivity contribution in [3.63, 3.8) is 0 Å². The van der Waals surface area contributed by atoms with Gasteiger partial charge in [0.2, 0.25) is 0 Å². The summed E-state index contributed by atoms with van der Waals surface area (Å²) < 4.78 is 13.2. The van der Waals surface area contributed by atoms with Crippen molar-refractivity contribution in [3.8, 4) is 0 Å². The van der Waals surface area contributed by atoms with E-state index in [1.165, 1.54) is 17.7 Å². The third-order valence-corrected chi connectivity index (χ3v) is 3.48. The Bertz CT molecular complexity index is 671. The molecular formula is C18H18FN. The molecule has 0 unspecified atom stereocenters. The van der Waals surface area contributed by atoms with Gasteiger partial charge in [0.25, 0.3) is 0 Å². The van der Waals surface area contributed by atoms with Crippen LogP contribution in [0, 0.1) is 18.2 Å². The first-order valence-corrected chi connectivity index (χ1v) is 6.67. The molecule has 0 heterocycles. The molecule has 2 rings (SSSR count).